The first kappa shape index (κ1) is 18.7. The second-order valence-corrected chi connectivity index (χ2v) is 7.55. The number of carbonyl (C=O) groups excluding carboxylic acids is 1. The van der Waals surface area contributed by atoms with Gasteiger partial charge < -0.3 is 18.8 Å². The van der Waals surface area contributed by atoms with Crippen LogP contribution in [0.4, 0.5) is 0 Å². The molecule has 3 heterocycles. The Hall–Kier alpha value is -2.08. The van der Waals surface area contributed by atoms with E-state index in [9.17, 15) is 4.79 Å². The van der Waals surface area contributed by atoms with Crippen LogP contribution in [0, 0.1) is 13.8 Å². The van der Waals surface area contributed by atoms with Gasteiger partial charge in [0.15, 0.2) is 0 Å². The maximum atomic E-state index is 12.9. The van der Waals surface area contributed by atoms with E-state index in [-0.39, 0.29) is 5.91 Å². The number of likely N-dealkylation sites (tertiary alicyclic amines) is 1. The van der Waals surface area contributed by atoms with E-state index < -0.39 is 0 Å². The Morgan fingerprint density at radius 3 is 2.88 bits per heavy atom. The van der Waals surface area contributed by atoms with E-state index in [1.165, 1.54) is 0 Å². The van der Waals surface area contributed by atoms with E-state index in [2.05, 4.69) is 34.7 Å². The molecule has 0 unspecified atom stereocenters. The van der Waals surface area contributed by atoms with Crippen molar-refractivity contribution in [2.75, 3.05) is 33.7 Å². The highest BCUT2D eigenvalue weighted by atomic mass is 16.3. The number of aromatic nitrogens is 2. The zero-order valence-corrected chi connectivity index (χ0v) is 16.4. The molecule has 1 atom stereocenters. The molecular weight excluding hydrogens is 328 g/mol. The fraction of sp³-hybridized carbons (Fsp3) is 0.600. The average molecular weight is 358 g/mol. The molecule has 142 valence electrons. The van der Waals surface area contributed by atoms with Crippen molar-refractivity contribution < 1.29 is 9.21 Å². The summed E-state index contributed by atoms with van der Waals surface area (Å²) in [5.74, 6) is 2.99. The smallest absolute Gasteiger partial charge is 0.257 e. The van der Waals surface area contributed by atoms with Gasteiger partial charge in [-0.05, 0) is 59.8 Å². The zero-order valence-electron chi connectivity index (χ0n) is 16.4. The van der Waals surface area contributed by atoms with Gasteiger partial charge in [-0.2, -0.15) is 0 Å². The Balaban J connectivity index is 1.68. The number of nitrogens with zero attached hydrogens (tertiary/aromatic N) is 4. The van der Waals surface area contributed by atoms with Crippen molar-refractivity contribution in [3.8, 4) is 0 Å². The summed E-state index contributed by atoms with van der Waals surface area (Å²) in [6.07, 6.45) is 7.14. The number of amides is 1. The van der Waals surface area contributed by atoms with Crippen LogP contribution in [0.15, 0.2) is 22.9 Å². The van der Waals surface area contributed by atoms with Gasteiger partial charge in [0, 0.05) is 37.9 Å². The molecule has 0 bridgehead atoms. The van der Waals surface area contributed by atoms with Crippen LogP contribution in [-0.2, 0) is 6.54 Å². The topological polar surface area (TPSA) is 54.5 Å². The third-order valence-electron chi connectivity index (χ3n) is 5.10. The predicted molar refractivity (Wildman–Crippen MR) is 101 cm³/mol. The number of furan rings is 1. The van der Waals surface area contributed by atoms with Gasteiger partial charge >= 0.3 is 0 Å². The second-order valence-electron chi connectivity index (χ2n) is 7.55. The summed E-state index contributed by atoms with van der Waals surface area (Å²) in [6, 6.07) is 1.85. The maximum absolute atomic E-state index is 12.9. The standard InChI is InChI=1S/C20H30N4O2/c1-15-13-18(16(2)26-15)20(25)24-10-5-7-17(14-24)19-21-8-12-23(19)11-6-9-22(3)4/h8,12-13,17H,5-7,9-11,14H2,1-4H3/t17-/m1/s1. The summed E-state index contributed by atoms with van der Waals surface area (Å²) < 4.78 is 7.80. The van der Waals surface area contributed by atoms with Gasteiger partial charge in [0.1, 0.15) is 17.3 Å². The SMILES string of the molecule is Cc1cc(C(=O)N2CCC[C@@H](c3nccn3CCCN(C)C)C2)c(C)o1. The molecule has 1 amide bonds. The third kappa shape index (κ3) is 4.18. The van der Waals surface area contributed by atoms with Crippen molar-refractivity contribution in [2.24, 2.45) is 0 Å². The van der Waals surface area contributed by atoms with Crippen LogP contribution < -0.4 is 0 Å². The molecule has 1 fully saturated rings. The van der Waals surface area contributed by atoms with Crippen molar-refractivity contribution in [1.29, 1.82) is 0 Å². The van der Waals surface area contributed by atoms with Crippen molar-refractivity contribution >= 4 is 5.91 Å². The van der Waals surface area contributed by atoms with Gasteiger partial charge in [-0.15, -0.1) is 0 Å². The number of aryl methyl sites for hydroxylation is 3. The largest absolute Gasteiger partial charge is 0.466 e. The lowest BCUT2D eigenvalue weighted by Crippen LogP contribution is -2.40. The van der Waals surface area contributed by atoms with Crippen molar-refractivity contribution in [3.63, 3.8) is 0 Å². The summed E-state index contributed by atoms with van der Waals surface area (Å²) in [4.78, 5) is 21.7. The summed E-state index contributed by atoms with van der Waals surface area (Å²) in [5.41, 5.74) is 0.692. The van der Waals surface area contributed by atoms with Gasteiger partial charge in [-0.1, -0.05) is 0 Å². The number of carbonyl (C=O) groups is 1. The van der Waals surface area contributed by atoms with Crippen LogP contribution in [0.1, 0.15) is 52.9 Å². The van der Waals surface area contributed by atoms with E-state index in [0.29, 0.717) is 17.2 Å². The Labute approximate surface area is 155 Å². The van der Waals surface area contributed by atoms with E-state index in [1.807, 2.05) is 31.0 Å². The Morgan fingerprint density at radius 1 is 1.38 bits per heavy atom. The molecule has 1 aliphatic rings. The minimum absolute atomic E-state index is 0.0785. The molecule has 6 nitrogen and oxygen atoms in total. The van der Waals surface area contributed by atoms with Crippen LogP contribution in [0.25, 0.3) is 0 Å². The van der Waals surface area contributed by atoms with Gasteiger partial charge in [0.25, 0.3) is 5.91 Å². The van der Waals surface area contributed by atoms with Crippen molar-refractivity contribution in [3.05, 3.63) is 41.4 Å². The first-order valence-electron chi connectivity index (χ1n) is 9.47. The maximum Gasteiger partial charge on any atom is 0.257 e. The van der Waals surface area contributed by atoms with Gasteiger partial charge in [0.05, 0.1) is 5.56 Å². The fourth-order valence-electron chi connectivity index (χ4n) is 3.81. The number of imidazole rings is 1. The van der Waals surface area contributed by atoms with Crippen molar-refractivity contribution in [2.45, 2.75) is 45.6 Å². The van der Waals surface area contributed by atoms with Gasteiger partial charge in [0.2, 0.25) is 0 Å². The molecule has 6 heteroatoms. The molecule has 3 rings (SSSR count). The average Bonchev–Trinajstić information content (AvgIpc) is 3.20. The highest BCUT2D eigenvalue weighted by Gasteiger charge is 2.29. The van der Waals surface area contributed by atoms with Gasteiger partial charge in [-0.3, -0.25) is 4.79 Å². The van der Waals surface area contributed by atoms with E-state index >= 15 is 0 Å². The van der Waals surface area contributed by atoms with Crippen LogP contribution in [0.5, 0.6) is 0 Å². The molecule has 1 saturated heterocycles. The van der Waals surface area contributed by atoms with Crippen LogP contribution in [-0.4, -0.2) is 59.0 Å². The molecule has 0 radical (unpaired) electrons. The zero-order chi connectivity index (χ0) is 18.7. The number of piperidine rings is 1. The molecule has 0 aromatic carbocycles. The highest BCUT2D eigenvalue weighted by molar-refractivity contribution is 5.95. The summed E-state index contributed by atoms with van der Waals surface area (Å²) in [5, 5.41) is 0. The van der Waals surface area contributed by atoms with E-state index in [4.69, 9.17) is 4.42 Å². The lowest BCUT2D eigenvalue weighted by Gasteiger charge is -2.32. The van der Waals surface area contributed by atoms with E-state index in [1.54, 1.807) is 0 Å². The molecule has 0 saturated carbocycles. The first-order chi connectivity index (χ1) is 12.5. The molecular formula is C20H30N4O2. The third-order valence-corrected chi connectivity index (χ3v) is 5.10. The van der Waals surface area contributed by atoms with Crippen LogP contribution in [0.2, 0.25) is 0 Å². The fourth-order valence-corrected chi connectivity index (χ4v) is 3.81. The van der Waals surface area contributed by atoms with E-state index in [0.717, 1.165) is 57.0 Å². The van der Waals surface area contributed by atoms with Gasteiger partial charge in [-0.25, -0.2) is 4.98 Å². The van der Waals surface area contributed by atoms with Crippen molar-refractivity contribution in [1.82, 2.24) is 19.4 Å². The lowest BCUT2D eigenvalue weighted by molar-refractivity contribution is 0.0701. The summed E-state index contributed by atoms with van der Waals surface area (Å²) in [7, 11) is 4.19. The molecule has 0 spiro atoms. The summed E-state index contributed by atoms with van der Waals surface area (Å²) in [6.45, 7) is 7.31. The molecule has 26 heavy (non-hydrogen) atoms. The molecule has 2 aromatic heterocycles. The summed E-state index contributed by atoms with van der Waals surface area (Å²) >= 11 is 0. The Morgan fingerprint density at radius 2 is 2.19 bits per heavy atom. The lowest BCUT2D eigenvalue weighted by atomic mass is 9.96. The second kappa shape index (κ2) is 8.08. The number of hydrogen-bond donors (Lipinski definition) is 0. The quantitative estimate of drug-likeness (QED) is 0.796. The molecule has 0 aliphatic carbocycles. The number of hydrogen-bond acceptors (Lipinski definition) is 4. The van der Waals surface area contributed by atoms with Crippen LogP contribution >= 0.6 is 0 Å². The molecule has 0 N–H and O–H groups in total. The molecule has 2 aromatic rings. The minimum Gasteiger partial charge on any atom is -0.466 e. The van der Waals surface area contributed by atoms with Crippen LogP contribution in [0.3, 0.4) is 0 Å². The highest BCUT2D eigenvalue weighted by Crippen LogP contribution is 2.28. The number of rotatable bonds is 6. The predicted octanol–water partition coefficient (Wildman–Crippen LogP) is 3.06. The monoisotopic (exact) mass is 358 g/mol. The Bertz CT molecular complexity index is 747. The Kier molecular flexibility index (Phi) is 5.81. The minimum atomic E-state index is 0.0785. The first-order valence-corrected chi connectivity index (χ1v) is 9.47. The molecule has 1 aliphatic heterocycles. The normalized spacial score (nSPS) is 17.9.